The lowest BCUT2D eigenvalue weighted by Gasteiger charge is -2.35. The zero-order valence-electron chi connectivity index (χ0n) is 14.3. The van der Waals surface area contributed by atoms with E-state index < -0.39 is 0 Å². The number of ether oxygens (including phenoxy) is 1. The fraction of sp³-hybridized carbons (Fsp3) is 0.611. The Labute approximate surface area is 138 Å². The van der Waals surface area contributed by atoms with Crippen LogP contribution in [0.3, 0.4) is 0 Å². The van der Waals surface area contributed by atoms with Gasteiger partial charge in [0.25, 0.3) is 5.91 Å². The van der Waals surface area contributed by atoms with Crippen molar-refractivity contribution in [2.45, 2.75) is 45.8 Å². The lowest BCUT2D eigenvalue weighted by Crippen LogP contribution is -2.46. The number of nitrogens with one attached hydrogen (secondary N) is 1. The maximum Gasteiger partial charge on any atom is 0.255 e. The molecule has 2 atom stereocenters. The van der Waals surface area contributed by atoms with Crippen LogP contribution in [-0.4, -0.2) is 54.3 Å². The van der Waals surface area contributed by atoms with Crippen molar-refractivity contribution in [3.05, 3.63) is 29.3 Å². The Morgan fingerprint density at radius 3 is 2.70 bits per heavy atom. The molecule has 2 N–H and O–H groups in total. The van der Waals surface area contributed by atoms with Crippen molar-refractivity contribution in [1.29, 1.82) is 0 Å². The molecule has 1 aliphatic heterocycles. The van der Waals surface area contributed by atoms with Crippen LogP contribution in [0.1, 0.15) is 43.1 Å². The summed E-state index contributed by atoms with van der Waals surface area (Å²) >= 11 is 0. The Hall–Kier alpha value is -1.59. The molecule has 1 aliphatic rings. The lowest BCUT2D eigenvalue weighted by molar-refractivity contribution is -0.0680. The fourth-order valence-corrected chi connectivity index (χ4v) is 3.13. The number of morpholine rings is 1. The number of hydrogen-bond acceptors (Lipinski definition) is 4. The van der Waals surface area contributed by atoms with Gasteiger partial charge in [0.1, 0.15) is 5.75 Å². The van der Waals surface area contributed by atoms with E-state index in [-0.39, 0.29) is 23.9 Å². The van der Waals surface area contributed by atoms with E-state index >= 15 is 0 Å². The Kier molecular flexibility index (Phi) is 6.42. The first-order valence-corrected chi connectivity index (χ1v) is 8.48. The molecule has 1 heterocycles. The average Bonchev–Trinajstić information content (AvgIpc) is 2.50. The number of phenolic OH excluding ortho intramolecular Hbond substituents is 1. The van der Waals surface area contributed by atoms with E-state index in [1.165, 1.54) is 0 Å². The molecule has 23 heavy (non-hydrogen) atoms. The number of hydrogen-bond donors (Lipinski definition) is 2. The van der Waals surface area contributed by atoms with Gasteiger partial charge in [-0.25, -0.2) is 0 Å². The highest BCUT2D eigenvalue weighted by Gasteiger charge is 2.21. The SMILES string of the molecule is CCc1cccc(C(=O)NCCCN2C[C@@H](C)O[C@@H](C)C2)c1O. The predicted octanol–water partition coefficient (Wildman–Crippen LogP) is 2.18. The Bertz CT molecular complexity index is 523. The smallest absolute Gasteiger partial charge is 0.255 e. The molecule has 1 amide bonds. The van der Waals surface area contributed by atoms with Crippen LogP contribution in [0.15, 0.2) is 18.2 Å². The number of carbonyl (C=O) groups excluding carboxylic acids is 1. The maximum atomic E-state index is 12.2. The van der Waals surface area contributed by atoms with Crippen LogP contribution in [0.4, 0.5) is 0 Å². The second-order valence-corrected chi connectivity index (χ2v) is 6.29. The van der Waals surface area contributed by atoms with Gasteiger partial charge < -0.3 is 15.2 Å². The summed E-state index contributed by atoms with van der Waals surface area (Å²) in [6.45, 7) is 9.58. The molecule has 0 aliphatic carbocycles. The van der Waals surface area contributed by atoms with Crippen LogP contribution in [0.2, 0.25) is 0 Å². The molecule has 0 aromatic heterocycles. The number of para-hydroxylation sites is 1. The Morgan fingerprint density at radius 1 is 1.35 bits per heavy atom. The van der Waals surface area contributed by atoms with Crippen molar-refractivity contribution in [2.24, 2.45) is 0 Å². The molecule has 0 bridgehead atoms. The zero-order chi connectivity index (χ0) is 16.8. The van der Waals surface area contributed by atoms with E-state index in [1.54, 1.807) is 6.07 Å². The van der Waals surface area contributed by atoms with Gasteiger partial charge in [-0.2, -0.15) is 0 Å². The van der Waals surface area contributed by atoms with Gasteiger partial charge in [-0.3, -0.25) is 9.69 Å². The lowest BCUT2D eigenvalue weighted by atomic mass is 10.1. The highest BCUT2D eigenvalue weighted by Crippen LogP contribution is 2.22. The molecule has 5 heteroatoms. The number of rotatable bonds is 6. The normalized spacial score (nSPS) is 22.0. The van der Waals surface area contributed by atoms with Gasteiger partial charge in [-0.05, 0) is 38.3 Å². The first-order chi connectivity index (χ1) is 11.0. The summed E-state index contributed by atoms with van der Waals surface area (Å²) in [6, 6.07) is 5.31. The van der Waals surface area contributed by atoms with Gasteiger partial charge in [-0.15, -0.1) is 0 Å². The van der Waals surface area contributed by atoms with Crippen LogP contribution in [0, 0.1) is 0 Å². The summed E-state index contributed by atoms with van der Waals surface area (Å²) in [5.41, 5.74) is 1.16. The third-order valence-corrected chi connectivity index (χ3v) is 4.18. The van der Waals surface area contributed by atoms with Crippen LogP contribution >= 0.6 is 0 Å². The van der Waals surface area contributed by atoms with Crippen molar-refractivity contribution in [3.8, 4) is 5.75 Å². The van der Waals surface area contributed by atoms with E-state index in [4.69, 9.17) is 4.74 Å². The van der Waals surface area contributed by atoms with Crippen molar-refractivity contribution in [1.82, 2.24) is 10.2 Å². The van der Waals surface area contributed by atoms with Crippen molar-refractivity contribution in [3.63, 3.8) is 0 Å². The zero-order valence-corrected chi connectivity index (χ0v) is 14.3. The monoisotopic (exact) mass is 320 g/mol. The summed E-state index contributed by atoms with van der Waals surface area (Å²) < 4.78 is 5.71. The molecule has 0 radical (unpaired) electrons. The molecule has 5 nitrogen and oxygen atoms in total. The second kappa shape index (κ2) is 8.31. The topological polar surface area (TPSA) is 61.8 Å². The second-order valence-electron chi connectivity index (χ2n) is 6.29. The predicted molar refractivity (Wildman–Crippen MR) is 90.9 cm³/mol. The van der Waals surface area contributed by atoms with Crippen LogP contribution in [0.5, 0.6) is 5.75 Å². The number of nitrogens with zero attached hydrogens (tertiary/aromatic N) is 1. The summed E-state index contributed by atoms with van der Waals surface area (Å²) in [6.07, 6.45) is 2.13. The van der Waals surface area contributed by atoms with Crippen LogP contribution in [0.25, 0.3) is 0 Å². The van der Waals surface area contributed by atoms with E-state index in [0.29, 0.717) is 18.5 Å². The first-order valence-electron chi connectivity index (χ1n) is 8.48. The van der Waals surface area contributed by atoms with E-state index in [1.807, 2.05) is 19.1 Å². The summed E-state index contributed by atoms with van der Waals surface area (Å²) in [5.74, 6) is -0.107. The number of phenols is 1. The van der Waals surface area contributed by atoms with Gasteiger partial charge in [0.15, 0.2) is 0 Å². The third kappa shape index (κ3) is 4.94. The Balaban J connectivity index is 1.77. The summed E-state index contributed by atoms with van der Waals surface area (Å²) in [4.78, 5) is 14.6. The quantitative estimate of drug-likeness (QED) is 0.789. The van der Waals surface area contributed by atoms with Gasteiger partial charge >= 0.3 is 0 Å². The molecule has 1 aromatic carbocycles. The Morgan fingerprint density at radius 2 is 2.04 bits per heavy atom. The number of aryl methyl sites for hydroxylation is 1. The molecule has 0 spiro atoms. The van der Waals surface area contributed by atoms with Crippen LogP contribution < -0.4 is 5.32 Å². The molecule has 128 valence electrons. The van der Waals surface area contributed by atoms with Crippen molar-refractivity contribution < 1.29 is 14.6 Å². The molecule has 0 saturated carbocycles. The third-order valence-electron chi connectivity index (χ3n) is 4.18. The molecular formula is C18H28N2O3. The van der Waals surface area contributed by atoms with Gasteiger partial charge in [-0.1, -0.05) is 19.1 Å². The highest BCUT2D eigenvalue weighted by atomic mass is 16.5. The summed E-state index contributed by atoms with van der Waals surface area (Å²) in [5, 5.41) is 13.0. The van der Waals surface area contributed by atoms with E-state index in [2.05, 4.69) is 24.1 Å². The van der Waals surface area contributed by atoms with E-state index in [9.17, 15) is 9.90 Å². The fourth-order valence-electron chi connectivity index (χ4n) is 3.13. The standard InChI is InChI=1S/C18H28N2O3/c1-4-15-7-5-8-16(17(15)21)18(22)19-9-6-10-20-11-13(2)23-14(3)12-20/h5,7-8,13-14,21H,4,6,9-12H2,1-3H3,(H,19,22)/t13-,14+. The van der Waals surface area contributed by atoms with Gasteiger partial charge in [0, 0.05) is 26.2 Å². The molecule has 0 unspecified atom stereocenters. The van der Waals surface area contributed by atoms with E-state index in [0.717, 1.165) is 31.6 Å². The molecule has 1 fully saturated rings. The number of benzene rings is 1. The number of amides is 1. The van der Waals surface area contributed by atoms with Crippen molar-refractivity contribution in [2.75, 3.05) is 26.2 Å². The highest BCUT2D eigenvalue weighted by molar-refractivity contribution is 5.97. The first kappa shape index (κ1) is 17.8. The molecule has 1 aromatic rings. The van der Waals surface area contributed by atoms with Gasteiger partial charge in [0.2, 0.25) is 0 Å². The largest absolute Gasteiger partial charge is 0.507 e. The number of aromatic hydroxyl groups is 1. The van der Waals surface area contributed by atoms with Gasteiger partial charge in [0.05, 0.1) is 17.8 Å². The van der Waals surface area contributed by atoms with Crippen LogP contribution in [-0.2, 0) is 11.2 Å². The minimum absolute atomic E-state index is 0.100. The number of carbonyl (C=O) groups is 1. The maximum absolute atomic E-state index is 12.2. The minimum atomic E-state index is -0.207. The molecular weight excluding hydrogens is 292 g/mol. The summed E-state index contributed by atoms with van der Waals surface area (Å²) in [7, 11) is 0. The molecule has 2 rings (SSSR count). The van der Waals surface area contributed by atoms with Crippen molar-refractivity contribution >= 4 is 5.91 Å². The average molecular weight is 320 g/mol. The minimum Gasteiger partial charge on any atom is -0.507 e. The molecule has 1 saturated heterocycles.